The fraction of sp³-hybridized carbons (Fsp3) is 0.130. The Hall–Kier alpha value is -2.98. The zero-order valence-corrected chi connectivity index (χ0v) is 19.0. The molecule has 32 heavy (non-hydrogen) atoms. The average molecular weight is 470 g/mol. The van der Waals surface area contributed by atoms with Crippen LogP contribution in [0, 0.1) is 6.92 Å². The summed E-state index contributed by atoms with van der Waals surface area (Å²) >= 11 is 0. The van der Waals surface area contributed by atoms with E-state index in [4.69, 9.17) is 5.14 Å². The number of aryl methyl sites for hydroxylation is 1. The molecule has 3 aromatic rings. The molecule has 1 heterocycles. The second kappa shape index (κ2) is 8.51. The molecular formula is C23H23N3O4S2. The van der Waals surface area contributed by atoms with Crippen LogP contribution in [0.2, 0.25) is 0 Å². The summed E-state index contributed by atoms with van der Waals surface area (Å²) in [6.07, 6.45) is 3.13. The van der Waals surface area contributed by atoms with Gasteiger partial charge in [0, 0.05) is 13.1 Å². The van der Waals surface area contributed by atoms with Crippen LogP contribution < -0.4 is 15.2 Å². The maximum Gasteiger partial charge on any atom is 0.262 e. The van der Waals surface area contributed by atoms with Crippen molar-refractivity contribution in [2.45, 2.75) is 29.8 Å². The molecule has 0 atom stereocenters. The maximum atomic E-state index is 13.2. The molecule has 9 heteroatoms. The van der Waals surface area contributed by atoms with E-state index in [-0.39, 0.29) is 9.79 Å². The van der Waals surface area contributed by atoms with Gasteiger partial charge in [-0.1, -0.05) is 54.6 Å². The number of nitrogens with one attached hydrogen (secondary N) is 2. The van der Waals surface area contributed by atoms with Gasteiger partial charge >= 0.3 is 0 Å². The Labute approximate surface area is 188 Å². The van der Waals surface area contributed by atoms with Crippen LogP contribution in [0.1, 0.15) is 27.8 Å². The second-order valence-electron chi connectivity index (χ2n) is 7.61. The molecule has 0 bridgehead atoms. The summed E-state index contributed by atoms with van der Waals surface area (Å²) in [5.41, 5.74) is 4.09. The fourth-order valence-electron chi connectivity index (χ4n) is 3.69. The van der Waals surface area contributed by atoms with Gasteiger partial charge in [-0.3, -0.25) is 4.72 Å². The Morgan fingerprint density at radius 2 is 1.59 bits per heavy atom. The van der Waals surface area contributed by atoms with Crippen molar-refractivity contribution in [2.24, 2.45) is 5.14 Å². The first-order chi connectivity index (χ1) is 15.1. The van der Waals surface area contributed by atoms with Gasteiger partial charge in [0.25, 0.3) is 10.0 Å². The summed E-state index contributed by atoms with van der Waals surface area (Å²) in [5.74, 6) is 0. The van der Waals surface area contributed by atoms with Crippen LogP contribution in [0.4, 0.5) is 5.69 Å². The van der Waals surface area contributed by atoms with Gasteiger partial charge in [0.15, 0.2) is 0 Å². The Morgan fingerprint density at radius 3 is 2.34 bits per heavy atom. The van der Waals surface area contributed by atoms with Gasteiger partial charge in [0.2, 0.25) is 10.0 Å². The molecule has 7 nitrogen and oxygen atoms in total. The van der Waals surface area contributed by atoms with Gasteiger partial charge in [-0.05, 0) is 52.9 Å². The highest BCUT2D eigenvalue weighted by Gasteiger charge is 2.21. The highest BCUT2D eigenvalue weighted by molar-refractivity contribution is 7.92. The largest absolute Gasteiger partial charge is 0.309 e. The van der Waals surface area contributed by atoms with Crippen LogP contribution in [-0.2, 0) is 33.1 Å². The summed E-state index contributed by atoms with van der Waals surface area (Å²) in [6, 6.07) is 17.0. The van der Waals surface area contributed by atoms with Crippen LogP contribution in [0.3, 0.4) is 0 Å². The monoisotopic (exact) mass is 469 g/mol. The number of primary sulfonamides is 1. The van der Waals surface area contributed by atoms with E-state index in [1.54, 1.807) is 55.5 Å². The van der Waals surface area contributed by atoms with Crippen molar-refractivity contribution >= 4 is 37.9 Å². The van der Waals surface area contributed by atoms with Gasteiger partial charge in [0.1, 0.15) is 0 Å². The normalized spacial score (nSPS) is 13.9. The Balaban J connectivity index is 1.71. The second-order valence-corrected chi connectivity index (χ2v) is 10.8. The lowest BCUT2D eigenvalue weighted by atomic mass is 10.1. The first kappa shape index (κ1) is 22.2. The van der Waals surface area contributed by atoms with Crippen LogP contribution in [-0.4, -0.2) is 16.8 Å². The highest BCUT2D eigenvalue weighted by atomic mass is 32.2. The number of nitrogens with two attached hydrogens (primary N) is 1. The van der Waals surface area contributed by atoms with Crippen LogP contribution in [0.15, 0.2) is 70.5 Å². The third-order valence-corrected chi connectivity index (χ3v) is 7.67. The molecule has 0 amide bonds. The van der Waals surface area contributed by atoms with Gasteiger partial charge in [-0.25, -0.2) is 22.0 Å². The van der Waals surface area contributed by atoms with E-state index in [0.717, 1.165) is 16.7 Å². The van der Waals surface area contributed by atoms with Crippen molar-refractivity contribution in [3.63, 3.8) is 0 Å². The minimum absolute atomic E-state index is 0.0143. The van der Waals surface area contributed by atoms with E-state index >= 15 is 0 Å². The molecule has 0 aromatic heterocycles. The number of fused-ring (bicyclic) bond motifs is 1. The predicted octanol–water partition coefficient (Wildman–Crippen LogP) is 3.22. The Bertz CT molecular complexity index is 1430. The average Bonchev–Trinajstić information content (AvgIpc) is 3.22. The summed E-state index contributed by atoms with van der Waals surface area (Å²) < 4.78 is 53.1. The number of sulfonamides is 2. The number of anilines is 1. The maximum absolute atomic E-state index is 13.2. The molecule has 0 unspecified atom stereocenters. The number of hydrogen-bond donors (Lipinski definition) is 3. The Morgan fingerprint density at radius 1 is 0.875 bits per heavy atom. The van der Waals surface area contributed by atoms with Crippen molar-refractivity contribution in [1.82, 2.24) is 5.32 Å². The number of rotatable bonds is 6. The zero-order chi connectivity index (χ0) is 22.9. The van der Waals surface area contributed by atoms with Gasteiger partial charge in [-0.2, -0.15) is 0 Å². The van der Waals surface area contributed by atoms with Crippen LogP contribution >= 0.6 is 0 Å². The van der Waals surface area contributed by atoms with Crippen LogP contribution in [0.5, 0.6) is 0 Å². The molecule has 0 saturated carbocycles. The molecule has 0 fully saturated rings. The standard InChI is InChI=1S/C23H23N3O4S2/c1-16-9-10-18(23(13-16)31(24,27)28)12-11-17-5-2-3-8-22(17)32(29,30)26-21-7-4-6-19-14-25-15-20(19)21/h2-13,25-26H,14-15H2,1H3,(H2,24,27,28). The molecule has 0 aliphatic carbocycles. The summed E-state index contributed by atoms with van der Waals surface area (Å²) in [4.78, 5) is 0.0728. The smallest absolute Gasteiger partial charge is 0.262 e. The molecule has 0 radical (unpaired) electrons. The van der Waals surface area contributed by atoms with Crippen molar-refractivity contribution in [1.29, 1.82) is 0 Å². The molecular weight excluding hydrogens is 446 g/mol. The van der Waals surface area contributed by atoms with E-state index in [2.05, 4.69) is 10.0 Å². The fourth-order valence-corrected chi connectivity index (χ4v) is 5.80. The lowest BCUT2D eigenvalue weighted by Gasteiger charge is -2.13. The third kappa shape index (κ3) is 4.61. The lowest BCUT2D eigenvalue weighted by Crippen LogP contribution is -2.15. The van der Waals surface area contributed by atoms with E-state index in [0.29, 0.717) is 29.9 Å². The quantitative estimate of drug-likeness (QED) is 0.479. The van der Waals surface area contributed by atoms with Crippen molar-refractivity contribution in [3.05, 3.63) is 88.5 Å². The summed E-state index contributed by atoms with van der Waals surface area (Å²) in [7, 11) is -7.82. The molecule has 3 aromatic carbocycles. The molecule has 0 spiro atoms. The lowest BCUT2D eigenvalue weighted by molar-refractivity contribution is 0.596. The predicted molar refractivity (Wildman–Crippen MR) is 126 cm³/mol. The minimum atomic E-state index is -3.93. The number of hydrogen-bond acceptors (Lipinski definition) is 5. The Kier molecular flexibility index (Phi) is 5.91. The van der Waals surface area contributed by atoms with E-state index < -0.39 is 20.0 Å². The van der Waals surface area contributed by atoms with Crippen molar-refractivity contribution in [3.8, 4) is 0 Å². The number of benzene rings is 3. The van der Waals surface area contributed by atoms with Gasteiger partial charge in [-0.15, -0.1) is 0 Å². The summed E-state index contributed by atoms with van der Waals surface area (Å²) in [5, 5.41) is 8.57. The first-order valence-corrected chi connectivity index (χ1v) is 12.9. The summed E-state index contributed by atoms with van der Waals surface area (Å²) in [6.45, 7) is 3.07. The molecule has 166 valence electrons. The van der Waals surface area contributed by atoms with E-state index in [1.807, 2.05) is 12.1 Å². The first-order valence-electron chi connectivity index (χ1n) is 9.90. The molecule has 1 aliphatic heterocycles. The molecule has 0 saturated heterocycles. The van der Waals surface area contributed by atoms with Crippen LogP contribution in [0.25, 0.3) is 12.2 Å². The molecule has 1 aliphatic rings. The highest BCUT2D eigenvalue weighted by Crippen LogP contribution is 2.28. The van der Waals surface area contributed by atoms with E-state index in [9.17, 15) is 16.8 Å². The third-order valence-electron chi connectivity index (χ3n) is 5.26. The van der Waals surface area contributed by atoms with E-state index in [1.165, 1.54) is 12.1 Å². The topological polar surface area (TPSA) is 118 Å². The van der Waals surface area contributed by atoms with Crippen molar-refractivity contribution < 1.29 is 16.8 Å². The van der Waals surface area contributed by atoms with Gasteiger partial charge in [0.05, 0.1) is 15.5 Å². The zero-order valence-electron chi connectivity index (χ0n) is 17.4. The molecule has 4 rings (SSSR count). The van der Waals surface area contributed by atoms with Gasteiger partial charge < -0.3 is 5.32 Å². The SMILES string of the molecule is Cc1ccc(C=Cc2ccccc2S(=O)(=O)Nc2cccc3c2CNC3)c(S(N)(=O)=O)c1. The minimum Gasteiger partial charge on any atom is -0.309 e. The van der Waals surface area contributed by atoms with Crippen molar-refractivity contribution in [2.75, 3.05) is 4.72 Å². The molecule has 4 N–H and O–H groups in total.